The van der Waals surface area contributed by atoms with Crippen LogP contribution < -0.4 is 5.32 Å². The van der Waals surface area contributed by atoms with Gasteiger partial charge in [0.25, 0.3) is 0 Å². The smallest absolute Gasteiger partial charge is 0.134 e. The second-order valence-corrected chi connectivity index (χ2v) is 3.68. The molecule has 2 heterocycles. The van der Waals surface area contributed by atoms with Gasteiger partial charge in [-0.15, -0.1) is 0 Å². The van der Waals surface area contributed by atoms with E-state index in [1.165, 1.54) is 5.57 Å². The molecule has 0 aromatic carbocycles. The van der Waals surface area contributed by atoms with Gasteiger partial charge in [0, 0.05) is 25.7 Å². The van der Waals surface area contributed by atoms with Gasteiger partial charge in [0.2, 0.25) is 0 Å². The van der Waals surface area contributed by atoms with E-state index in [0.717, 1.165) is 29.5 Å². The average molecular weight is 198 g/mol. The number of hydrogen-bond donors (Lipinski definition) is 1. The molecule has 1 saturated heterocycles. The largest absolute Gasteiger partial charge is 0.309 e. The molecule has 0 saturated carbocycles. The lowest BCUT2D eigenvalue weighted by Gasteiger charge is -2.18. The third kappa shape index (κ3) is 1.49. The van der Waals surface area contributed by atoms with E-state index in [2.05, 4.69) is 16.5 Å². The van der Waals surface area contributed by atoms with Crippen molar-refractivity contribution in [2.24, 2.45) is 7.05 Å². The molecular formula is C9H12ClN3. The van der Waals surface area contributed by atoms with Crippen LogP contribution in [0.3, 0.4) is 0 Å². The quantitative estimate of drug-likeness (QED) is 0.737. The van der Waals surface area contributed by atoms with Gasteiger partial charge in [0.15, 0.2) is 0 Å². The van der Waals surface area contributed by atoms with Crippen LogP contribution in [0.1, 0.15) is 11.3 Å². The van der Waals surface area contributed by atoms with E-state index in [1.807, 2.05) is 14.0 Å². The minimum Gasteiger partial charge on any atom is -0.309 e. The highest BCUT2D eigenvalue weighted by Gasteiger charge is 2.12. The van der Waals surface area contributed by atoms with E-state index in [9.17, 15) is 0 Å². The Kier molecular flexibility index (Phi) is 2.14. The predicted molar refractivity (Wildman–Crippen MR) is 53.8 cm³/mol. The fraction of sp³-hybridized carbons (Fsp3) is 0.444. The maximum Gasteiger partial charge on any atom is 0.134 e. The molecule has 0 radical (unpaired) electrons. The van der Waals surface area contributed by atoms with E-state index in [-0.39, 0.29) is 0 Å². The Hall–Kier alpha value is -0.800. The summed E-state index contributed by atoms with van der Waals surface area (Å²) in [7, 11) is 1.86. The summed E-state index contributed by atoms with van der Waals surface area (Å²) in [6.07, 6.45) is 2.13. The number of rotatable bonds is 1. The number of aryl methyl sites for hydroxylation is 2. The molecule has 0 amide bonds. The van der Waals surface area contributed by atoms with Crippen molar-refractivity contribution in [2.45, 2.75) is 6.92 Å². The van der Waals surface area contributed by atoms with Gasteiger partial charge >= 0.3 is 0 Å². The Morgan fingerprint density at radius 3 is 2.62 bits per heavy atom. The first kappa shape index (κ1) is 8.78. The summed E-state index contributed by atoms with van der Waals surface area (Å²) in [6.45, 7) is 3.93. The summed E-state index contributed by atoms with van der Waals surface area (Å²) in [5.41, 5.74) is 3.44. The maximum atomic E-state index is 6.07. The lowest BCUT2D eigenvalue weighted by atomic mass is 10.1. The number of aromatic nitrogens is 2. The molecule has 1 fully saturated rings. The third-order valence-electron chi connectivity index (χ3n) is 2.25. The molecule has 0 unspecified atom stereocenters. The zero-order chi connectivity index (χ0) is 9.42. The number of nitrogens with zero attached hydrogens (tertiary/aromatic N) is 2. The van der Waals surface area contributed by atoms with Crippen LogP contribution >= 0.6 is 11.6 Å². The SMILES string of the molecule is Cc1nn(C)c(Cl)c1C=C1CNC1. The monoisotopic (exact) mass is 197 g/mol. The Morgan fingerprint density at radius 1 is 1.54 bits per heavy atom. The summed E-state index contributed by atoms with van der Waals surface area (Å²) < 4.78 is 1.70. The number of halogens is 1. The van der Waals surface area contributed by atoms with Crippen LogP contribution in [0.15, 0.2) is 5.57 Å². The van der Waals surface area contributed by atoms with Gasteiger partial charge in [-0.3, -0.25) is 4.68 Å². The van der Waals surface area contributed by atoms with Crippen LogP contribution in [0.2, 0.25) is 5.15 Å². The van der Waals surface area contributed by atoms with Crippen LogP contribution in [-0.2, 0) is 7.05 Å². The molecule has 70 valence electrons. The molecule has 1 aliphatic heterocycles. The van der Waals surface area contributed by atoms with E-state index < -0.39 is 0 Å². The first-order chi connectivity index (χ1) is 6.18. The minimum atomic E-state index is 0.719. The topological polar surface area (TPSA) is 29.9 Å². The van der Waals surface area contributed by atoms with E-state index >= 15 is 0 Å². The highest BCUT2D eigenvalue weighted by atomic mass is 35.5. The molecule has 4 heteroatoms. The molecular weight excluding hydrogens is 186 g/mol. The van der Waals surface area contributed by atoms with Crippen molar-refractivity contribution in [1.82, 2.24) is 15.1 Å². The van der Waals surface area contributed by atoms with Crippen LogP contribution in [0, 0.1) is 6.92 Å². The molecule has 1 aromatic rings. The highest BCUT2D eigenvalue weighted by molar-refractivity contribution is 6.31. The standard InChI is InChI=1S/C9H12ClN3/c1-6-8(3-7-4-11-5-7)9(10)13(2)12-6/h3,11H,4-5H2,1-2H3. The second kappa shape index (κ2) is 3.16. The van der Waals surface area contributed by atoms with Crippen molar-refractivity contribution < 1.29 is 0 Å². The lowest BCUT2D eigenvalue weighted by molar-refractivity contribution is 0.674. The summed E-state index contributed by atoms with van der Waals surface area (Å²) in [4.78, 5) is 0. The van der Waals surface area contributed by atoms with Gasteiger partial charge in [-0.1, -0.05) is 11.6 Å². The third-order valence-corrected chi connectivity index (χ3v) is 2.70. The zero-order valence-electron chi connectivity index (χ0n) is 7.76. The molecule has 0 bridgehead atoms. The van der Waals surface area contributed by atoms with Crippen LogP contribution in [-0.4, -0.2) is 22.9 Å². The molecule has 1 aliphatic rings. The van der Waals surface area contributed by atoms with Crippen molar-refractivity contribution >= 4 is 17.7 Å². The van der Waals surface area contributed by atoms with Gasteiger partial charge in [-0.05, 0) is 18.6 Å². The van der Waals surface area contributed by atoms with Crippen molar-refractivity contribution in [3.63, 3.8) is 0 Å². The minimum absolute atomic E-state index is 0.719. The summed E-state index contributed by atoms with van der Waals surface area (Å²) >= 11 is 6.07. The molecule has 0 atom stereocenters. The number of nitrogens with one attached hydrogen (secondary N) is 1. The maximum absolute atomic E-state index is 6.07. The lowest BCUT2D eigenvalue weighted by Crippen LogP contribution is -2.33. The fourth-order valence-electron chi connectivity index (χ4n) is 1.39. The summed E-state index contributed by atoms with van der Waals surface area (Å²) in [5, 5.41) is 8.15. The fourth-order valence-corrected chi connectivity index (χ4v) is 1.61. The van der Waals surface area contributed by atoms with Crippen LogP contribution in [0.25, 0.3) is 6.08 Å². The first-order valence-corrected chi connectivity index (χ1v) is 4.65. The molecule has 0 aliphatic carbocycles. The van der Waals surface area contributed by atoms with Crippen molar-refractivity contribution in [2.75, 3.05) is 13.1 Å². The summed E-state index contributed by atoms with van der Waals surface area (Å²) in [6, 6.07) is 0. The highest BCUT2D eigenvalue weighted by Crippen LogP contribution is 2.22. The van der Waals surface area contributed by atoms with E-state index in [0.29, 0.717) is 0 Å². The Morgan fingerprint density at radius 2 is 2.23 bits per heavy atom. The predicted octanol–water partition coefficient (Wildman–Crippen LogP) is 1.37. The van der Waals surface area contributed by atoms with Gasteiger partial charge in [0.1, 0.15) is 5.15 Å². The Balaban J connectivity index is 2.38. The van der Waals surface area contributed by atoms with E-state index in [1.54, 1.807) is 4.68 Å². The van der Waals surface area contributed by atoms with Gasteiger partial charge in [-0.25, -0.2) is 0 Å². The Labute approximate surface area is 82.4 Å². The molecule has 2 rings (SSSR count). The zero-order valence-corrected chi connectivity index (χ0v) is 8.52. The number of hydrogen-bond acceptors (Lipinski definition) is 2. The first-order valence-electron chi connectivity index (χ1n) is 4.27. The van der Waals surface area contributed by atoms with Gasteiger partial charge < -0.3 is 5.32 Å². The second-order valence-electron chi connectivity index (χ2n) is 3.32. The summed E-state index contributed by atoms with van der Waals surface area (Å²) in [5.74, 6) is 0. The van der Waals surface area contributed by atoms with Crippen molar-refractivity contribution in [1.29, 1.82) is 0 Å². The molecule has 0 spiro atoms. The normalized spacial score (nSPS) is 15.8. The van der Waals surface area contributed by atoms with Crippen molar-refractivity contribution in [3.05, 3.63) is 22.0 Å². The van der Waals surface area contributed by atoms with Crippen LogP contribution in [0.5, 0.6) is 0 Å². The molecule has 1 N–H and O–H groups in total. The Bertz CT molecular complexity index is 359. The van der Waals surface area contributed by atoms with Gasteiger partial charge in [-0.2, -0.15) is 5.10 Å². The van der Waals surface area contributed by atoms with Crippen LogP contribution in [0.4, 0.5) is 0 Å². The average Bonchev–Trinajstić information content (AvgIpc) is 2.21. The van der Waals surface area contributed by atoms with Gasteiger partial charge in [0.05, 0.1) is 5.69 Å². The molecule has 1 aromatic heterocycles. The van der Waals surface area contributed by atoms with Crippen molar-refractivity contribution in [3.8, 4) is 0 Å². The van der Waals surface area contributed by atoms with E-state index in [4.69, 9.17) is 11.6 Å². The molecule has 13 heavy (non-hydrogen) atoms. The molecule has 3 nitrogen and oxygen atoms in total.